The van der Waals surface area contributed by atoms with Gasteiger partial charge in [0.15, 0.2) is 11.5 Å². The summed E-state index contributed by atoms with van der Waals surface area (Å²) < 4.78 is 16.5. The highest BCUT2D eigenvalue weighted by Gasteiger charge is 2.47. The number of hydrogen-bond acceptors (Lipinski definition) is 6. The number of carbonyl (C=O) groups is 2. The Labute approximate surface area is 203 Å². The molecule has 7 nitrogen and oxygen atoms in total. The molecule has 1 amide bonds. The molecule has 3 aromatic carbocycles. The predicted molar refractivity (Wildman–Crippen MR) is 131 cm³/mol. The molecule has 0 spiro atoms. The number of aryl methyl sites for hydroxylation is 2. The van der Waals surface area contributed by atoms with E-state index in [-0.39, 0.29) is 18.1 Å². The van der Waals surface area contributed by atoms with Gasteiger partial charge in [0, 0.05) is 17.3 Å². The van der Waals surface area contributed by atoms with Crippen LogP contribution in [0.1, 0.15) is 35.2 Å². The zero-order chi connectivity index (χ0) is 24.7. The summed E-state index contributed by atoms with van der Waals surface area (Å²) in [6.07, 6.45) is 0. The lowest BCUT2D eigenvalue weighted by atomic mass is 9.94. The average Bonchev–Trinajstić information content (AvgIpc) is 3.42. The summed E-state index contributed by atoms with van der Waals surface area (Å²) in [5.41, 5.74) is 3.44. The summed E-state index contributed by atoms with van der Waals surface area (Å²) in [5.74, 6) is 0.0546. The van der Waals surface area contributed by atoms with Crippen molar-refractivity contribution >= 4 is 23.1 Å². The number of amides is 1. The molecule has 1 atom stereocenters. The first-order valence-corrected chi connectivity index (χ1v) is 11.4. The maximum Gasteiger partial charge on any atom is 0.300 e. The normalized spacial score (nSPS) is 18.3. The highest BCUT2D eigenvalue weighted by atomic mass is 16.7. The molecule has 0 aliphatic carbocycles. The second-order valence-electron chi connectivity index (χ2n) is 8.53. The minimum Gasteiger partial charge on any atom is -0.507 e. The van der Waals surface area contributed by atoms with Gasteiger partial charge in [0.2, 0.25) is 6.79 Å². The topological polar surface area (TPSA) is 85.3 Å². The lowest BCUT2D eigenvalue weighted by Gasteiger charge is -2.26. The quantitative estimate of drug-likeness (QED) is 0.318. The first kappa shape index (κ1) is 22.5. The third kappa shape index (κ3) is 3.89. The monoisotopic (exact) mass is 471 g/mol. The molecule has 0 radical (unpaired) electrons. The lowest BCUT2D eigenvalue weighted by Crippen LogP contribution is -2.29. The van der Waals surface area contributed by atoms with E-state index in [2.05, 4.69) is 0 Å². The lowest BCUT2D eigenvalue weighted by molar-refractivity contribution is -0.132. The molecular weight excluding hydrogens is 446 g/mol. The Kier molecular flexibility index (Phi) is 5.68. The number of benzene rings is 3. The van der Waals surface area contributed by atoms with Crippen molar-refractivity contribution in [2.75, 3.05) is 18.3 Å². The number of aliphatic hydroxyl groups excluding tert-OH is 1. The zero-order valence-corrected chi connectivity index (χ0v) is 19.7. The molecule has 0 aromatic heterocycles. The van der Waals surface area contributed by atoms with Crippen molar-refractivity contribution in [2.45, 2.75) is 26.8 Å². The Morgan fingerprint density at radius 3 is 2.57 bits per heavy atom. The van der Waals surface area contributed by atoms with E-state index < -0.39 is 17.7 Å². The predicted octanol–water partition coefficient (Wildman–Crippen LogP) is 5.06. The molecule has 2 aliphatic rings. The molecule has 2 heterocycles. The number of ether oxygens (including phenoxy) is 3. The molecule has 178 valence electrons. The number of hydrogen-bond donors (Lipinski definition) is 1. The Hall–Kier alpha value is -4.26. The molecule has 1 N–H and O–H groups in total. The van der Waals surface area contributed by atoms with Crippen molar-refractivity contribution < 1.29 is 28.9 Å². The summed E-state index contributed by atoms with van der Waals surface area (Å²) in [5, 5.41) is 11.4. The molecule has 1 unspecified atom stereocenters. The minimum atomic E-state index is -0.817. The molecule has 3 aromatic rings. The molecule has 1 fully saturated rings. The standard InChI is InChI=1S/C28H25NO6/c1-4-33-21-10-8-19(13-17(21)3)26(30)24-25(18-7-5-6-16(2)12-18)29(28(32)27(24)31)20-9-11-22-23(14-20)35-15-34-22/h5-14,25,30H,4,15H2,1-3H3/b26-24+. The van der Waals surface area contributed by atoms with E-state index in [0.717, 1.165) is 11.1 Å². The summed E-state index contributed by atoms with van der Waals surface area (Å²) in [7, 11) is 0. The summed E-state index contributed by atoms with van der Waals surface area (Å²) in [4.78, 5) is 28.1. The van der Waals surface area contributed by atoms with Crippen molar-refractivity contribution in [1.82, 2.24) is 0 Å². The van der Waals surface area contributed by atoms with Crippen molar-refractivity contribution in [3.63, 3.8) is 0 Å². The van der Waals surface area contributed by atoms with Gasteiger partial charge in [0.25, 0.3) is 11.7 Å². The van der Waals surface area contributed by atoms with E-state index in [1.165, 1.54) is 4.90 Å². The minimum absolute atomic E-state index is 0.0295. The van der Waals surface area contributed by atoms with E-state index in [9.17, 15) is 14.7 Å². The van der Waals surface area contributed by atoms with E-state index in [1.54, 1.807) is 36.4 Å². The molecule has 5 rings (SSSR count). The Balaban J connectivity index is 1.68. The van der Waals surface area contributed by atoms with Gasteiger partial charge in [-0.2, -0.15) is 0 Å². The number of nitrogens with zero attached hydrogens (tertiary/aromatic N) is 1. The highest BCUT2D eigenvalue weighted by molar-refractivity contribution is 6.51. The highest BCUT2D eigenvalue weighted by Crippen LogP contribution is 2.45. The van der Waals surface area contributed by atoms with Crippen LogP contribution in [0.3, 0.4) is 0 Å². The average molecular weight is 472 g/mol. The van der Waals surface area contributed by atoms with Crippen molar-refractivity contribution in [3.8, 4) is 17.2 Å². The number of rotatable bonds is 5. The van der Waals surface area contributed by atoms with Crippen LogP contribution in [-0.4, -0.2) is 30.2 Å². The fourth-order valence-corrected chi connectivity index (χ4v) is 4.56. The van der Waals surface area contributed by atoms with Gasteiger partial charge in [-0.25, -0.2) is 0 Å². The van der Waals surface area contributed by atoms with E-state index in [1.807, 2.05) is 45.0 Å². The molecule has 35 heavy (non-hydrogen) atoms. The smallest absolute Gasteiger partial charge is 0.300 e. The van der Waals surface area contributed by atoms with Gasteiger partial charge in [-0.1, -0.05) is 29.8 Å². The second-order valence-corrected chi connectivity index (χ2v) is 8.53. The van der Waals surface area contributed by atoms with Gasteiger partial charge >= 0.3 is 0 Å². The summed E-state index contributed by atoms with van der Waals surface area (Å²) >= 11 is 0. The molecule has 0 bridgehead atoms. The molecule has 2 aliphatic heterocycles. The Bertz CT molecular complexity index is 1380. The second kappa shape index (κ2) is 8.83. The Morgan fingerprint density at radius 2 is 1.83 bits per heavy atom. The first-order valence-electron chi connectivity index (χ1n) is 11.4. The van der Waals surface area contributed by atoms with Crippen LogP contribution >= 0.6 is 0 Å². The fourth-order valence-electron chi connectivity index (χ4n) is 4.56. The van der Waals surface area contributed by atoms with Gasteiger partial charge < -0.3 is 19.3 Å². The van der Waals surface area contributed by atoms with Crippen molar-refractivity contribution in [1.29, 1.82) is 0 Å². The van der Waals surface area contributed by atoms with Crippen LogP contribution in [0.15, 0.2) is 66.2 Å². The van der Waals surface area contributed by atoms with Crippen LogP contribution in [0.5, 0.6) is 17.2 Å². The van der Waals surface area contributed by atoms with Gasteiger partial charge in [0.1, 0.15) is 11.5 Å². The van der Waals surface area contributed by atoms with Gasteiger partial charge in [0.05, 0.1) is 18.2 Å². The van der Waals surface area contributed by atoms with Crippen LogP contribution in [-0.2, 0) is 9.59 Å². The van der Waals surface area contributed by atoms with Crippen LogP contribution in [0.4, 0.5) is 5.69 Å². The SMILES string of the molecule is CCOc1ccc(/C(O)=C2\C(=O)C(=O)N(c3ccc4c(c3)OCO4)C2c2cccc(C)c2)cc1C. The summed E-state index contributed by atoms with van der Waals surface area (Å²) in [6.45, 7) is 6.31. The first-order chi connectivity index (χ1) is 16.9. The van der Waals surface area contributed by atoms with Crippen LogP contribution in [0, 0.1) is 13.8 Å². The van der Waals surface area contributed by atoms with Gasteiger partial charge in [-0.05, 0) is 62.2 Å². The fraction of sp³-hybridized carbons (Fsp3) is 0.214. The van der Waals surface area contributed by atoms with Crippen LogP contribution in [0.2, 0.25) is 0 Å². The maximum absolute atomic E-state index is 13.4. The molecular formula is C28H25NO6. The van der Waals surface area contributed by atoms with Crippen molar-refractivity contribution in [3.05, 3.63) is 88.5 Å². The van der Waals surface area contributed by atoms with E-state index in [0.29, 0.717) is 40.7 Å². The van der Waals surface area contributed by atoms with Crippen molar-refractivity contribution in [2.24, 2.45) is 0 Å². The molecule has 1 saturated heterocycles. The maximum atomic E-state index is 13.4. The van der Waals surface area contributed by atoms with Gasteiger partial charge in [-0.3, -0.25) is 14.5 Å². The molecule has 7 heteroatoms. The number of Topliss-reactive ketones (excluding diaryl/α,β-unsaturated/α-hetero) is 1. The number of fused-ring (bicyclic) bond motifs is 1. The van der Waals surface area contributed by atoms with E-state index in [4.69, 9.17) is 14.2 Å². The number of ketones is 1. The number of aliphatic hydroxyl groups is 1. The number of carbonyl (C=O) groups excluding carboxylic acids is 2. The number of anilines is 1. The largest absolute Gasteiger partial charge is 0.507 e. The van der Waals surface area contributed by atoms with E-state index >= 15 is 0 Å². The third-order valence-electron chi connectivity index (χ3n) is 6.18. The third-order valence-corrected chi connectivity index (χ3v) is 6.18. The molecule has 0 saturated carbocycles. The Morgan fingerprint density at radius 1 is 1.03 bits per heavy atom. The zero-order valence-electron chi connectivity index (χ0n) is 19.7. The van der Waals surface area contributed by atoms with Crippen LogP contribution < -0.4 is 19.1 Å². The van der Waals surface area contributed by atoms with Crippen LogP contribution in [0.25, 0.3) is 5.76 Å². The van der Waals surface area contributed by atoms with Gasteiger partial charge in [-0.15, -0.1) is 0 Å². The summed E-state index contributed by atoms with van der Waals surface area (Å²) in [6, 6.07) is 17.0.